The maximum atomic E-state index is 13.2. The van der Waals surface area contributed by atoms with Gasteiger partial charge in [-0.05, 0) is 51.0 Å². The van der Waals surface area contributed by atoms with E-state index < -0.39 is 9.84 Å². The zero-order valence-corrected chi connectivity index (χ0v) is 16.3. The van der Waals surface area contributed by atoms with Crippen molar-refractivity contribution in [2.75, 3.05) is 0 Å². The van der Waals surface area contributed by atoms with Crippen molar-refractivity contribution in [3.63, 3.8) is 0 Å². The van der Waals surface area contributed by atoms with Crippen LogP contribution in [0.2, 0.25) is 5.02 Å². The van der Waals surface area contributed by atoms with Gasteiger partial charge in [-0.2, -0.15) is 5.10 Å². The van der Waals surface area contributed by atoms with Crippen molar-refractivity contribution in [3.05, 3.63) is 51.9 Å². The van der Waals surface area contributed by atoms with E-state index in [4.69, 9.17) is 11.6 Å². The van der Waals surface area contributed by atoms with E-state index in [0.29, 0.717) is 29.0 Å². The van der Waals surface area contributed by atoms with Gasteiger partial charge < -0.3 is 5.32 Å². The van der Waals surface area contributed by atoms with E-state index in [0.717, 1.165) is 23.4 Å². The van der Waals surface area contributed by atoms with Gasteiger partial charge in [-0.25, -0.2) is 17.9 Å². The van der Waals surface area contributed by atoms with Gasteiger partial charge in [0, 0.05) is 23.3 Å². The van der Waals surface area contributed by atoms with E-state index in [1.54, 1.807) is 29.6 Å². The Balaban J connectivity index is 2.00. The lowest BCUT2D eigenvalue weighted by atomic mass is 9.99. The first-order chi connectivity index (χ1) is 12.3. The predicted molar refractivity (Wildman–Crippen MR) is 99.4 cm³/mol. The molecule has 0 spiro atoms. The first-order valence-electron chi connectivity index (χ1n) is 8.40. The van der Waals surface area contributed by atoms with Crippen LogP contribution in [0, 0.1) is 13.8 Å². The molecule has 0 bridgehead atoms. The maximum absolute atomic E-state index is 13.2. The molecule has 1 N–H and O–H groups in total. The lowest BCUT2D eigenvalue weighted by molar-refractivity contribution is 0.492. The average Bonchev–Trinajstić information content (AvgIpc) is 2.91. The summed E-state index contributed by atoms with van der Waals surface area (Å²) in [4.78, 5) is 4.91. The van der Waals surface area contributed by atoms with Crippen LogP contribution in [-0.2, 0) is 22.8 Å². The van der Waals surface area contributed by atoms with Gasteiger partial charge >= 0.3 is 0 Å². The van der Waals surface area contributed by atoms with Crippen molar-refractivity contribution < 1.29 is 8.42 Å². The molecular formula is C18H19ClN4O2S. The topological polar surface area (TPSA) is 76.4 Å². The lowest BCUT2D eigenvalue weighted by Gasteiger charge is -2.24. The highest BCUT2D eigenvalue weighted by Crippen LogP contribution is 2.31. The van der Waals surface area contributed by atoms with E-state index in [-0.39, 0.29) is 9.79 Å². The highest BCUT2D eigenvalue weighted by molar-refractivity contribution is 7.91. The van der Waals surface area contributed by atoms with Crippen LogP contribution in [0.15, 0.2) is 34.1 Å². The molecule has 1 unspecified atom stereocenters. The minimum absolute atomic E-state index is 0.143. The van der Waals surface area contributed by atoms with E-state index in [1.807, 2.05) is 6.92 Å². The number of nitrogens with one attached hydrogen (secondary N) is 1. The number of nitrogens with zero attached hydrogens (tertiary/aromatic N) is 3. The van der Waals surface area contributed by atoms with Crippen LogP contribution in [0.25, 0.3) is 5.65 Å². The molecule has 1 aliphatic rings. The molecule has 8 heteroatoms. The third kappa shape index (κ3) is 2.62. The molecular weight excluding hydrogens is 372 g/mol. The molecule has 6 nitrogen and oxygen atoms in total. The van der Waals surface area contributed by atoms with Gasteiger partial charge in [0.15, 0.2) is 5.65 Å². The fraction of sp³-hybridized carbons (Fsp3) is 0.333. The summed E-state index contributed by atoms with van der Waals surface area (Å²) >= 11 is 5.99. The van der Waals surface area contributed by atoms with Gasteiger partial charge in [0.2, 0.25) is 9.84 Å². The Morgan fingerprint density at radius 2 is 2.04 bits per heavy atom. The van der Waals surface area contributed by atoms with Crippen LogP contribution < -0.4 is 5.32 Å². The second kappa shape index (κ2) is 6.04. The second-order valence-electron chi connectivity index (χ2n) is 6.72. The molecule has 0 amide bonds. The first-order valence-corrected chi connectivity index (χ1v) is 10.3. The Bertz CT molecular complexity index is 1140. The largest absolute Gasteiger partial charge is 0.308 e. The summed E-state index contributed by atoms with van der Waals surface area (Å²) < 4.78 is 28.2. The summed E-state index contributed by atoms with van der Waals surface area (Å²) in [7, 11) is -3.78. The Morgan fingerprint density at radius 1 is 1.27 bits per heavy atom. The van der Waals surface area contributed by atoms with Gasteiger partial charge in [-0.3, -0.25) is 0 Å². The van der Waals surface area contributed by atoms with Gasteiger partial charge in [0.25, 0.3) is 0 Å². The Labute approximate surface area is 157 Å². The highest BCUT2D eigenvalue weighted by Gasteiger charge is 2.30. The quantitative estimate of drug-likeness (QED) is 0.728. The van der Waals surface area contributed by atoms with Crippen molar-refractivity contribution in [3.8, 4) is 0 Å². The molecule has 1 aromatic carbocycles. The van der Waals surface area contributed by atoms with Crippen LogP contribution in [-0.4, -0.2) is 29.1 Å². The van der Waals surface area contributed by atoms with Gasteiger partial charge in [-0.15, -0.1) is 0 Å². The highest BCUT2D eigenvalue weighted by atomic mass is 35.5. The van der Waals surface area contributed by atoms with Crippen LogP contribution >= 0.6 is 11.6 Å². The van der Waals surface area contributed by atoms with E-state index in [1.165, 1.54) is 6.07 Å². The lowest BCUT2D eigenvalue weighted by Crippen LogP contribution is -2.35. The summed E-state index contributed by atoms with van der Waals surface area (Å²) in [5, 5.41) is 8.29. The minimum Gasteiger partial charge on any atom is -0.308 e. The molecule has 4 rings (SSSR count). The summed E-state index contributed by atoms with van der Waals surface area (Å²) in [6.45, 7) is 6.38. The molecule has 0 saturated heterocycles. The molecule has 0 aliphatic carbocycles. The number of hydrogen-bond acceptors (Lipinski definition) is 5. The number of sulfone groups is 1. The Morgan fingerprint density at radius 3 is 2.77 bits per heavy atom. The van der Waals surface area contributed by atoms with Crippen LogP contribution in [0.3, 0.4) is 0 Å². The fourth-order valence-corrected chi connectivity index (χ4v) is 5.35. The number of aryl methyl sites for hydroxylation is 2. The van der Waals surface area contributed by atoms with Crippen molar-refractivity contribution in [2.45, 2.75) is 49.6 Å². The molecule has 3 heterocycles. The van der Waals surface area contributed by atoms with Crippen molar-refractivity contribution in [1.82, 2.24) is 19.9 Å². The van der Waals surface area contributed by atoms with Crippen molar-refractivity contribution >= 4 is 27.1 Å². The number of benzene rings is 1. The normalized spacial score (nSPS) is 17.5. The first kappa shape index (κ1) is 17.5. The van der Waals surface area contributed by atoms with E-state index in [9.17, 15) is 8.42 Å². The average molecular weight is 391 g/mol. The number of hydrogen-bond donors (Lipinski definition) is 1. The van der Waals surface area contributed by atoms with Crippen LogP contribution in [0.5, 0.6) is 0 Å². The fourth-order valence-electron chi connectivity index (χ4n) is 3.51. The molecule has 0 fully saturated rings. The van der Waals surface area contributed by atoms with Crippen LogP contribution in [0.1, 0.15) is 29.6 Å². The molecule has 2 aromatic heterocycles. The SMILES string of the molecule is Cc1nc2c(S(=O)(=O)c3cccc(Cl)c3)c(C)nn2c2c1CC(C)NC2. The van der Waals surface area contributed by atoms with E-state index >= 15 is 0 Å². The third-order valence-corrected chi connectivity index (χ3v) is 6.93. The Hall–Kier alpha value is -1.96. The summed E-state index contributed by atoms with van der Waals surface area (Å²) in [6, 6.07) is 6.62. The van der Waals surface area contributed by atoms with E-state index in [2.05, 4.69) is 22.3 Å². The number of halogens is 1. The van der Waals surface area contributed by atoms with Gasteiger partial charge in [0.05, 0.1) is 16.3 Å². The predicted octanol–water partition coefficient (Wildman–Crippen LogP) is 2.87. The molecule has 0 saturated carbocycles. The molecule has 26 heavy (non-hydrogen) atoms. The molecule has 3 aromatic rings. The third-order valence-electron chi connectivity index (χ3n) is 4.80. The summed E-state index contributed by atoms with van der Waals surface area (Å²) in [5.41, 5.74) is 3.77. The molecule has 1 aliphatic heterocycles. The second-order valence-corrected chi connectivity index (χ2v) is 9.04. The van der Waals surface area contributed by atoms with Crippen molar-refractivity contribution in [1.29, 1.82) is 0 Å². The molecule has 0 radical (unpaired) electrons. The summed E-state index contributed by atoms with van der Waals surface area (Å²) in [5.74, 6) is 0. The van der Waals surface area contributed by atoms with Gasteiger partial charge in [-0.1, -0.05) is 17.7 Å². The number of aromatic nitrogens is 3. The minimum atomic E-state index is -3.78. The van der Waals surface area contributed by atoms with Crippen molar-refractivity contribution in [2.24, 2.45) is 0 Å². The molecule has 136 valence electrons. The zero-order valence-electron chi connectivity index (χ0n) is 14.7. The zero-order chi connectivity index (χ0) is 18.6. The smallest absolute Gasteiger partial charge is 0.212 e. The maximum Gasteiger partial charge on any atom is 0.212 e. The summed E-state index contributed by atoms with van der Waals surface area (Å²) in [6.07, 6.45) is 0.847. The monoisotopic (exact) mass is 390 g/mol. The molecule has 1 atom stereocenters. The Kier molecular flexibility index (Phi) is 4.06. The standard InChI is InChI=1S/C18H19ClN4O2S/c1-10-7-15-11(2)21-18-17(12(3)22-23(18)16(15)9-20-10)26(24,25)14-6-4-5-13(19)8-14/h4-6,8,10,20H,7,9H2,1-3H3. The van der Waals surface area contributed by atoms with Gasteiger partial charge in [0.1, 0.15) is 4.90 Å². The number of rotatable bonds is 2. The van der Waals surface area contributed by atoms with Crippen LogP contribution in [0.4, 0.5) is 0 Å². The number of fused-ring (bicyclic) bond motifs is 3.